The van der Waals surface area contributed by atoms with Crippen LogP contribution in [-0.4, -0.2) is 30.7 Å². The number of nitrogens with zero attached hydrogens (tertiary/aromatic N) is 1. The average Bonchev–Trinajstić information content (AvgIpc) is 3.08. The second-order valence-electron chi connectivity index (χ2n) is 5.90. The van der Waals surface area contributed by atoms with Crippen molar-refractivity contribution in [3.63, 3.8) is 0 Å². The molecular weight excluding hydrogens is 403 g/mol. The van der Waals surface area contributed by atoms with Crippen molar-refractivity contribution >= 4 is 29.2 Å². The van der Waals surface area contributed by atoms with Crippen LogP contribution in [0.3, 0.4) is 0 Å². The van der Waals surface area contributed by atoms with Crippen LogP contribution < -0.4 is 10.1 Å². The topological polar surface area (TPSA) is 90.7 Å². The Balaban J connectivity index is 1.80. The number of rotatable bonds is 6. The number of carbonyl (C=O) groups excluding carboxylic acids is 2. The van der Waals surface area contributed by atoms with Crippen LogP contribution in [0.5, 0.6) is 5.75 Å². The fourth-order valence-corrected chi connectivity index (χ4v) is 2.82. The Hall–Kier alpha value is -3.39. The number of carbonyl (C=O) groups is 2. The van der Waals surface area contributed by atoms with Crippen LogP contribution in [0.2, 0.25) is 5.02 Å². The highest BCUT2D eigenvalue weighted by atomic mass is 35.5. The van der Waals surface area contributed by atoms with Gasteiger partial charge >= 0.3 is 5.97 Å². The van der Waals surface area contributed by atoms with Crippen LogP contribution >= 0.6 is 11.6 Å². The first-order chi connectivity index (χ1) is 13.9. The van der Waals surface area contributed by atoms with Gasteiger partial charge in [-0.15, -0.1) is 0 Å². The molecule has 2 aromatic carbocycles. The van der Waals surface area contributed by atoms with E-state index in [1.165, 1.54) is 25.3 Å². The number of anilines is 1. The third-order valence-electron chi connectivity index (χ3n) is 3.99. The molecule has 3 aromatic rings. The standard InChI is InChI=1S/C20H16ClFN2O5/c1-11-17(19(24-29-11)18-14(21)4-3-5-15(18)22)20(26)23-12-6-8-13(9-7-12)28-10-16(25)27-2/h3-9H,10H2,1-2H3,(H,23,26). The van der Waals surface area contributed by atoms with Gasteiger partial charge in [-0.1, -0.05) is 22.8 Å². The number of amides is 1. The molecule has 150 valence electrons. The molecule has 0 bridgehead atoms. The molecule has 29 heavy (non-hydrogen) atoms. The van der Waals surface area contributed by atoms with Crippen molar-refractivity contribution in [3.8, 4) is 17.0 Å². The Bertz CT molecular complexity index is 1030. The molecule has 1 aromatic heterocycles. The van der Waals surface area contributed by atoms with E-state index in [-0.39, 0.29) is 34.2 Å². The Kier molecular flexibility index (Phi) is 6.13. The Labute approximate surface area is 170 Å². The summed E-state index contributed by atoms with van der Waals surface area (Å²) in [5.41, 5.74) is 0.526. The Morgan fingerprint density at radius 2 is 1.93 bits per heavy atom. The van der Waals surface area contributed by atoms with Crippen LogP contribution in [0.15, 0.2) is 47.0 Å². The van der Waals surface area contributed by atoms with Gasteiger partial charge in [0.25, 0.3) is 5.91 Å². The number of aromatic nitrogens is 1. The maximum atomic E-state index is 14.3. The zero-order valence-corrected chi connectivity index (χ0v) is 16.2. The van der Waals surface area contributed by atoms with Gasteiger partial charge in [0.2, 0.25) is 0 Å². The van der Waals surface area contributed by atoms with Gasteiger partial charge in [-0.25, -0.2) is 9.18 Å². The van der Waals surface area contributed by atoms with Crippen molar-refractivity contribution in [1.82, 2.24) is 5.16 Å². The molecule has 0 aliphatic carbocycles. The summed E-state index contributed by atoms with van der Waals surface area (Å²) in [4.78, 5) is 23.9. The fourth-order valence-electron chi connectivity index (χ4n) is 2.56. The van der Waals surface area contributed by atoms with Crippen LogP contribution in [0.1, 0.15) is 16.1 Å². The van der Waals surface area contributed by atoms with Gasteiger partial charge in [0.1, 0.15) is 28.6 Å². The predicted molar refractivity (Wildman–Crippen MR) is 104 cm³/mol. The van der Waals surface area contributed by atoms with Crippen molar-refractivity contribution in [2.24, 2.45) is 0 Å². The van der Waals surface area contributed by atoms with Crippen LogP contribution in [0, 0.1) is 12.7 Å². The highest BCUT2D eigenvalue weighted by Gasteiger charge is 2.25. The van der Waals surface area contributed by atoms with E-state index in [9.17, 15) is 14.0 Å². The Morgan fingerprint density at radius 1 is 1.21 bits per heavy atom. The number of esters is 1. The minimum atomic E-state index is -0.619. The number of benzene rings is 2. The summed E-state index contributed by atoms with van der Waals surface area (Å²) < 4.78 is 29.1. The molecule has 0 radical (unpaired) electrons. The first-order valence-electron chi connectivity index (χ1n) is 8.42. The molecule has 1 heterocycles. The van der Waals surface area contributed by atoms with Gasteiger partial charge in [-0.05, 0) is 43.3 Å². The summed E-state index contributed by atoms with van der Waals surface area (Å²) in [6, 6.07) is 10.5. The largest absolute Gasteiger partial charge is 0.482 e. The van der Waals surface area contributed by atoms with Gasteiger partial charge in [-0.3, -0.25) is 4.79 Å². The van der Waals surface area contributed by atoms with E-state index in [2.05, 4.69) is 15.2 Å². The number of methoxy groups -OCH3 is 1. The summed E-state index contributed by atoms with van der Waals surface area (Å²) in [7, 11) is 1.26. The zero-order chi connectivity index (χ0) is 21.0. The SMILES string of the molecule is COC(=O)COc1ccc(NC(=O)c2c(-c3c(F)cccc3Cl)noc2C)cc1. The van der Waals surface area contributed by atoms with Crippen LogP contribution in [-0.2, 0) is 9.53 Å². The molecule has 0 aliphatic heterocycles. The lowest BCUT2D eigenvalue weighted by Crippen LogP contribution is -2.14. The lowest BCUT2D eigenvalue weighted by atomic mass is 10.0. The number of aryl methyl sites for hydroxylation is 1. The number of hydrogen-bond acceptors (Lipinski definition) is 6. The number of ether oxygens (including phenoxy) is 2. The molecule has 0 saturated heterocycles. The first kappa shape index (κ1) is 20.3. The van der Waals surface area contributed by atoms with E-state index < -0.39 is 17.7 Å². The summed E-state index contributed by atoms with van der Waals surface area (Å²) in [5.74, 6) is -1.03. The van der Waals surface area contributed by atoms with E-state index in [1.807, 2.05) is 0 Å². The highest BCUT2D eigenvalue weighted by molar-refractivity contribution is 6.33. The normalized spacial score (nSPS) is 10.5. The number of nitrogens with one attached hydrogen (secondary N) is 1. The van der Waals surface area contributed by atoms with Crippen molar-refractivity contribution in [2.75, 3.05) is 19.0 Å². The second-order valence-corrected chi connectivity index (χ2v) is 6.31. The smallest absolute Gasteiger partial charge is 0.343 e. The Morgan fingerprint density at radius 3 is 2.59 bits per heavy atom. The van der Waals surface area contributed by atoms with Gasteiger partial charge in [0, 0.05) is 5.69 Å². The van der Waals surface area contributed by atoms with Gasteiger partial charge in [-0.2, -0.15) is 0 Å². The molecular formula is C20H16ClFN2O5. The van der Waals surface area contributed by atoms with E-state index in [0.29, 0.717) is 11.4 Å². The first-order valence-corrected chi connectivity index (χ1v) is 8.80. The van der Waals surface area contributed by atoms with Crippen molar-refractivity contribution < 1.29 is 28.0 Å². The number of halogens is 2. The second kappa shape index (κ2) is 8.74. The minimum Gasteiger partial charge on any atom is -0.482 e. The minimum absolute atomic E-state index is 0.0114. The molecule has 0 spiro atoms. The van der Waals surface area contributed by atoms with E-state index in [1.54, 1.807) is 31.2 Å². The summed E-state index contributed by atoms with van der Waals surface area (Å²) >= 11 is 6.09. The van der Waals surface area contributed by atoms with Gasteiger partial charge < -0.3 is 19.3 Å². The summed E-state index contributed by atoms with van der Waals surface area (Å²) in [5, 5.41) is 6.61. The van der Waals surface area contributed by atoms with Crippen LogP contribution in [0.4, 0.5) is 10.1 Å². The van der Waals surface area contributed by atoms with Crippen LogP contribution in [0.25, 0.3) is 11.3 Å². The molecule has 0 unspecified atom stereocenters. The van der Waals surface area contributed by atoms with Gasteiger partial charge in [0.15, 0.2) is 6.61 Å². The summed E-state index contributed by atoms with van der Waals surface area (Å²) in [6.07, 6.45) is 0. The van der Waals surface area contributed by atoms with E-state index in [4.69, 9.17) is 20.9 Å². The molecule has 1 N–H and O–H groups in total. The van der Waals surface area contributed by atoms with Crippen molar-refractivity contribution in [2.45, 2.75) is 6.92 Å². The van der Waals surface area contributed by atoms with Gasteiger partial charge in [0.05, 0.1) is 17.7 Å². The molecule has 0 fully saturated rings. The number of hydrogen-bond donors (Lipinski definition) is 1. The maximum absolute atomic E-state index is 14.3. The molecule has 1 amide bonds. The van der Waals surface area contributed by atoms with E-state index in [0.717, 1.165) is 0 Å². The molecule has 3 rings (SSSR count). The fraction of sp³-hybridized carbons (Fsp3) is 0.150. The molecule has 9 heteroatoms. The summed E-state index contributed by atoms with van der Waals surface area (Å²) in [6.45, 7) is 1.32. The maximum Gasteiger partial charge on any atom is 0.343 e. The molecule has 0 aliphatic rings. The third kappa shape index (κ3) is 4.55. The molecule has 0 atom stereocenters. The zero-order valence-electron chi connectivity index (χ0n) is 15.5. The highest BCUT2D eigenvalue weighted by Crippen LogP contribution is 2.33. The van der Waals surface area contributed by atoms with Crippen molar-refractivity contribution in [3.05, 3.63) is 64.6 Å². The quantitative estimate of drug-likeness (QED) is 0.602. The monoisotopic (exact) mass is 418 g/mol. The van der Waals surface area contributed by atoms with E-state index >= 15 is 0 Å². The average molecular weight is 419 g/mol. The third-order valence-corrected chi connectivity index (χ3v) is 4.30. The molecule has 7 nitrogen and oxygen atoms in total. The lowest BCUT2D eigenvalue weighted by molar-refractivity contribution is -0.142. The lowest BCUT2D eigenvalue weighted by Gasteiger charge is -2.09. The predicted octanol–water partition coefficient (Wildman–Crippen LogP) is 4.25. The molecule has 0 saturated carbocycles. The van der Waals surface area contributed by atoms with Crippen molar-refractivity contribution in [1.29, 1.82) is 0 Å².